The minimum Gasteiger partial charge on any atom is -0.385 e. The summed E-state index contributed by atoms with van der Waals surface area (Å²) in [7, 11) is 1.70. The average Bonchev–Trinajstić information content (AvgIpc) is 2.19. The van der Waals surface area contributed by atoms with Crippen molar-refractivity contribution >= 4 is 0 Å². The number of methoxy groups -OCH3 is 1. The third-order valence-corrected chi connectivity index (χ3v) is 2.74. The summed E-state index contributed by atoms with van der Waals surface area (Å²) in [5.41, 5.74) is 5.53. The standard InChI is InChI=1S/C11H23NO3/c1-13-3-2-4-14-5-6-15-11-7-10(8-11)9-12/h10-11H,2-9,12H2,1H3. The summed E-state index contributed by atoms with van der Waals surface area (Å²) in [6, 6.07) is 0. The molecule has 1 aliphatic carbocycles. The van der Waals surface area contributed by atoms with Gasteiger partial charge in [-0.2, -0.15) is 0 Å². The first-order valence-corrected chi connectivity index (χ1v) is 5.75. The molecule has 1 fully saturated rings. The molecule has 0 bridgehead atoms. The molecule has 0 amide bonds. The van der Waals surface area contributed by atoms with E-state index in [1.807, 2.05) is 0 Å². The maximum atomic E-state index is 5.60. The Balaban J connectivity index is 1.74. The van der Waals surface area contributed by atoms with Crippen molar-refractivity contribution in [1.82, 2.24) is 0 Å². The molecule has 0 aromatic heterocycles. The number of nitrogens with two attached hydrogens (primary N) is 1. The van der Waals surface area contributed by atoms with E-state index in [1.165, 1.54) is 0 Å². The van der Waals surface area contributed by atoms with Crippen LogP contribution in [0.4, 0.5) is 0 Å². The lowest BCUT2D eigenvalue weighted by molar-refractivity contribution is -0.0516. The van der Waals surface area contributed by atoms with E-state index < -0.39 is 0 Å². The quantitative estimate of drug-likeness (QED) is 0.580. The van der Waals surface area contributed by atoms with Crippen LogP contribution in [-0.2, 0) is 14.2 Å². The van der Waals surface area contributed by atoms with Gasteiger partial charge < -0.3 is 19.9 Å². The largest absolute Gasteiger partial charge is 0.385 e. The second-order valence-electron chi connectivity index (χ2n) is 4.02. The van der Waals surface area contributed by atoms with Crippen LogP contribution in [0.25, 0.3) is 0 Å². The number of hydrogen-bond acceptors (Lipinski definition) is 4. The van der Waals surface area contributed by atoms with Crippen LogP contribution in [-0.4, -0.2) is 46.2 Å². The summed E-state index contributed by atoms with van der Waals surface area (Å²) >= 11 is 0. The monoisotopic (exact) mass is 217 g/mol. The summed E-state index contributed by atoms with van der Waals surface area (Å²) < 4.78 is 15.9. The summed E-state index contributed by atoms with van der Waals surface area (Å²) in [6.45, 7) is 3.71. The van der Waals surface area contributed by atoms with E-state index in [0.717, 1.165) is 39.0 Å². The molecule has 0 unspecified atom stereocenters. The molecule has 0 radical (unpaired) electrons. The fourth-order valence-electron chi connectivity index (χ4n) is 1.68. The lowest BCUT2D eigenvalue weighted by Gasteiger charge is -2.34. The van der Waals surface area contributed by atoms with E-state index in [9.17, 15) is 0 Å². The molecular weight excluding hydrogens is 194 g/mol. The van der Waals surface area contributed by atoms with E-state index >= 15 is 0 Å². The Labute approximate surface area is 92.1 Å². The maximum Gasteiger partial charge on any atom is 0.0704 e. The van der Waals surface area contributed by atoms with Crippen molar-refractivity contribution in [2.75, 3.05) is 40.1 Å². The highest BCUT2D eigenvalue weighted by atomic mass is 16.5. The lowest BCUT2D eigenvalue weighted by Crippen LogP contribution is -2.36. The van der Waals surface area contributed by atoms with Crippen LogP contribution in [0, 0.1) is 5.92 Å². The van der Waals surface area contributed by atoms with Crippen LogP contribution >= 0.6 is 0 Å². The summed E-state index contributed by atoms with van der Waals surface area (Å²) in [5.74, 6) is 0.692. The van der Waals surface area contributed by atoms with E-state index in [4.69, 9.17) is 19.9 Å². The average molecular weight is 217 g/mol. The highest BCUT2D eigenvalue weighted by Crippen LogP contribution is 2.28. The molecule has 1 aliphatic rings. The SMILES string of the molecule is COCCCOCCOC1CC(CN)C1. The summed E-state index contributed by atoms with van der Waals surface area (Å²) in [4.78, 5) is 0. The Kier molecular flexibility index (Phi) is 6.92. The number of hydrogen-bond donors (Lipinski definition) is 1. The molecule has 1 rings (SSSR count). The first kappa shape index (κ1) is 12.9. The van der Waals surface area contributed by atoms with Crippen molar-refractivity contribution in [3.63, 3.8) is 0 Å². The Hall–Kier alpha value is -0.160. The van der Waals surface area contributed by atoms with Crippen molar-refractivity contribution in [1.29, 1.82) is 0 Å². The minimum absolute atomic E-state index is 0.432. The summed E-state index contributed by atoms with van der Waals surface area (Å²) in [5, 5.41) is 0. The highest BCUT2D eigenvalue weighted by Gasteiger charge is 2.28. The second-order valence-corrected chi connectivity index (χ2v) is 4.02. The highest BCUT2D eigenvalue weighted by molar-refractivity contribution is 4.80. The molecule has 0 heterocycles. The third kappa shape index (κ3) is 5.47. The van der Waals surface area contributed by atoms with Gasteiger partial charge in [-0.25, -0.2) is 0 Å². The molecule has 2 N–H and O–H groups in total. The predicted octanol–water partition coefficient (Wildman–Crippen LogP) is 0.793. The molecule has 0 atom stereocenters. The van der Waals surface area contributed by atoms with Crippen LogP contribution < -0.4 is 5.73 Å². The topological polar surface area (TPSA) is 53.7 Å². The molecule has 0 saturated heterocycles. The fraction of sp³-hybridized carbons (Fsp3) is 1.00. The van der Waals surface area contributed by atoms with Crippen LogP contribution in [0.1, 0.15) is 19.3 Å². The molecule has 1 saturated carbocycles. The Morgan fingerprint density at radius 1 is 1.13 bits per heavy atom. The van der Waals surface area contributed by atoms with Crippen LogP contribution in [0.2, 0.25) is 0 Å². The molecular formula is C11H23NO3. The van der Waals surface area contributed by atoms with Crippen LogP contribution in [0.3, 0.4) is 0 Å². The van der Waals surface area contributed by atoms with Crippen LogP contribution in [0.5, 0.6) is 0 Å². The Bertz CT molecular complexity index is 149. The molecule has 0 aromatic rings. The Morgan fingerprint density at radius 3 is 2.60 bits per heavy atom. The first-order chi connectivity index (χ1) is 7.36. The zero-order valence-electron chi connectivity index (χ0n) is 9.61. The van der Waals surface area contributed by atoms with Gasteiger partial charge in [0.25, 0.3) is 0 Å². The predicted molar refractivity (Wildman–Crippen MR) is 58.8 cm³/mol. The summed E-state index contributed by atoms with van der Waals surface area (Å²) in [6.07, 6.45) is 3.64. The van der Waals surface area contributed by atoms with Crippen LogP contribution in [0.15, 0.2) is 0 Å². The van der Waals surface area contributed by atoms with E-state index in [0.29, 0.717) is 25.2 Å². The normalized spacial score (nSPS) is 25.2. The van der Waals surface area contributed by atoms with Crippen molar-refractivity contribution in [3.8, 4) is 0 Å². The molecule has 0 aliphatic heterocycles. The van der Waals surface area contributed by atoms with Gasteiger partial charge >= 0.3 is 0 Å². The lowest BCUT2D eigenvalue weighted by atomic mass is 9.82. The molecule has 0 spiro atoms. The van der Waals surface area contributed by atoms with Gasteiger partial charge in [-0.1, -0.05) is 0 Å². The van der Waals surface area contributed by atoms with Gasteiger partial charge in [0.2, 0.25) is 0 Å². The minimum atomic E-state index is 0.432. The van der Waals surface area contributed by atoms with E-state index in [2.05, 4.69) is 0 Å². The van der Waals surface area contributed by atoms with Gasteiger partial charge in [0, 0.05) is 20.3 Å². The van der Waals surface area contributed by atoms with Gasteiger partial charge in [0.05, 0.1) is 19.3 Å². The number of rotatable bonds is 9. The van der Waals surface area contributed by atoms with E-state index in [-0.39, 0.29) is 0 Å². The molecule has 15 heavy (non-hydrogen) atoms. The van der Waals surface area contributed by atoms with Crippen molar-refractivity contribution < 1.29 is 14.2 Å². The van der Waals surface area contributed by atoms with E-state index in [1.54, 1.807) is 7.11 Å². The van der Waals surface area contributed by atoms with Gasteiger partial charge in [-0.05, 0) is 31.7 Å². The molecule has 90 valence electrons. The van der Waals surface area contributed by atoms with Crippen molar-refractivity contribution in [3.05, 3.63) is 0 Å². The number of ether oxygens (including phenoxy) is 3. The van der Waals surface area contributed by atoms with Crippen molar-refractivity contribution in [2.45, 2.75) is 25.4 Å². The molecule has 4 heteroatoms. The van der Waals surface area contributed by atoms with Gasteiger partial charge in [0.1, 0.15) is 0 Å². The smallest absolute Gasteiger partial charge is 0.0704 e. The van der Waals surface area contributed by atoms with Gasteiger partial charge in [-0.15, -0.1) is 0 Å². The zero-order valence-corrected chi connectivity index (χ0v) is 9.61. The fourth-order valence-corrected chi connectivity index (χ4v) is 1.68. The molecule has 4 nitrogen and oxygen atoms in total. The van der Waals surface area contributed by atoms with Crippen molar-refractivity contribution in [2.24, 2.45) is 11.7 Å². The Morgan fingerprint density at radius 2 is 1.93 bits per heavy atom. The zero-order chi connectivity index (χ0) is 10.9. The first-order valence-electron chi connectivity index (χ1n) is 5.75. The van der Waals surface area contributed by atoms with Gasteiger partial charge in [-0.3, -0.25) is 0 Å². The maximum absolute atomic E-state index is 5.60. The molecule has 0 aromatic carbocycles. The van der Waals surface area contributed by atoms with Gasteiger partial charge in [0.15, 0.2) is 0 Å². The third-order valence-electron chi connectivity index (χ3n) is 2.74. The second kappa shape index (κ2) is 8.05.